The molecule has 0 unspecified atom stereocenters. The van der Waals surface area contributed by atoms with Crippen LogP contribution >= 0.6 is 0 Å². The largest absolute Gasteiger partial charge is 0.372 e. The lowest BCUT2D eigenvalue weighted by atomic mass is 10.1. The Labute approximate surface area is 147 Å². The van der Waals surface area contributed by atoms with Crippen LogP contribution in [0.1, 0.15) is 19.4 Å². The highest BCUT2D eigenvalue weighted by molar-refractivity contribution is 5.63. The van der Waals surface area contributed by atoms with Crippen LogP contribution in [0.4, 0.5) is 23.3 Å². The number of aromatic nitrogens is 4. The Kier molecular flexibility index (Phi) is 4.83. The van der Waals surface area contributed by atoms with Gasteiger partial charge in [-0.2, -0.15) is 9.67 Å². The number of nitrogens with one attached hydrogen (secondary N) is 1. The number of nitrogens with zero attached hydrogens (tertiary/aromatic N) is 5. The summed E-state index contributed by atoms with van der Waals surface area (Å²) in [5, 5.41) is 7.60. The number of rotatable bonds is 6. The molecule has 130 valence electrons. The molecule has 0 aliphatic carbocycles. The van der Waals surface area contributed by atoms with Gasteiger partial charge in [-0.1, -0.05) is 6.07 Å². The van der Waals surface area contributed by atoms with E-state index in [0.29, 0.717) is 11.8 Å². The first kappa shape index (κ1) is 16.8. The fourth-order valence-electron chi connectivity index (χ4n) is 2.81. The summed E-state index contributed by atoms with van der Waals surface area (Å²) in [5.74, 6) is 1.37. The standard InChI is InChI=1S/C18H23N7/c1-4-24(5-2)15-10-9-14(12-13(15)3)21-18-22-17(19)25(23-18)16-8-6-7-11-20-16/h6-12H,4-5H2,1-3H3,(H3,19,21,22,23). The molecule has 0 fully saturated rings. The molecule has 0 saturated heterocycles. The van der Waals surface area contributed by atoms with Crippen molar-refractivity contribution >= 4 is 23.3 Å². The smallest absolute Gasteiger partial charge is 0.248 e. The van der Waals surface area contributed by atoms with E-state index >= 15 is 0 Å². The van der Waals surface area contributed by atoms with E-state index in [1.165, 1.54) is 15.9 Å². The van der Waals surface area contributed by atoms with E-state index in [2.05, 4.69) is 58.2 Å². The van der Waals surface area contributed by atoms with E-state index in [1.54, 1.807) is 6.20 Å². The third-order valence-corrected chi connectivity index (χ3v) is 4.06. The van der Waals surface area contributed by atoms with E-state index in [4.69, 9.17) is 5.73 Å². The molecule has 1 aromatic carbocycles. The third kappa shape index (κ3) is 3.55. The average Bonchev–Trinajstić information content (AvgIpc) is 2.98. The lowest BCUT2D eigenvalue weighted by molar-refractivity contribution is 0.859. The van der Waals surface area contributed by atoms with Crippen LogP contribution in [0.3, 0.4) is 0 Å². The molecule has 25 heavy (non-hydrogen) atoms. The van der Waals surface area contributed by atoms with Gasteiger partial charge in [0, 0.05) is 30.7 Å². The SMILES string of the molecule is CCN(CC)c1ccc(Nc2nc(N)n(-c3ccccn3)n2)cc1C. The number of nitrogen functional groups attached to an aromatic ring is 1. The zero-order valence-corrected chi connectivity index (χ0v) is 14.8. The zero-order chi connectivity index (χ0) is 17.8. The van der Waals surface area contributed by atoms with E-state index in [0.717, 1.165) is 18.8 Å². The highest BCUT2D eigenvalue weighted by Crippen LogP contribution is 2.25. The van der Waals surface area contributed by atoms with Gasteiger partial charge < -0.3 is 16.0 Å². The van der Waals surface area contributed by atoms with Gasteiger partial charge in [0.25, 0.3) is 0 Å². The van der Waals surface area contributed by atoms with Gasteiger partial charge in [-0.15, -0.1) is 5.10 Å². The summed E-state index contributed by atoms with van der Waals surface area (Å²) < 4.78 is 1.51. The molecule has 0 aliphatic rings. The fraction of sp³-hybridized carbons (Fsp3) is 0.278. The van der Waals surface area contributed by atoms with Crippen LogP contribution in [-0.4, -0.2) is 32.8 Å². The first-order valence-corrected chi connectivity index (χ1v) is 8.39. The second-order valence-electron chi connectivity index (χ2n) is 5.69. The summed E-state index contributed by atoms with van der Waals surface area (Å²) in [6.45, 7) is 8.39. The van der Waals surface area contributed by atoms with Crippen molar-refractivity contribution in [2.24, 2.45) is 0 Å². The van der Waals surface area contributed by atoms with Gasteiger partial charge in [0.15, 0.2) is 5.82 Å². The predicted molar refractivity (Wildman–Crippen MR) is 102 cm³/mol. The molecule has 3 rings (SSSR count). The Morgan fingerprint density at radius 3 is 2.60 bits per heavy atom. The number of nitrogens with two attached hydrogens (primary N) is 1. The van der Waals surface area contributed by atoms with Gasteiger partial charge in [0.05, 0.1) is 0 Å². The number of benzene rings is 1. The normalized spacial score (nSPS) is 10.7. The summed E-state index contributed by atoms with van der Waals surface area (Å²) in [5.41, 5.74) is 9.32. The van der Waals surface area contributed by atoms with E-state index in [9.17, 15) is 0 Å². The van der Waals surface area contributed by atoms with Crippen LogP contribution in [0.2, 0.25) is 0 Å². The minimum absolute atomic E-state index is 0.290. The lowest BCUT2D eigenvalue weighted by Crippen LogP contribution is -2.22. The average molecular weight is 337 g/mol. The zero-order valence-electron chi connectivity index (χ0n) is 14.8. The van der Waals surface area contributed by atoms with Crippen LogP contribution in [-0.2, 0) is 0 Å². The number of pyridine rings is 1. The Balaban J connectivity index is 1.83. The summed E-state index contributed by atoms with van der Waals surface area (Å²) >= 11 is 0. The number of hydrogen-bond acceptors (Lipinski definition) is 6. The highest BCUT2D eigenvalue weighted by Gasteiger charge is 2.11. The van der Waals surface area contributed by atoms with Gasteiger partial charge in [-0.25, -0.2) is 4.98 Å². The van der Waals surface area contributed by atoms with Gasteiger partial charge in [-0.3, -0.25) is 0 Å². The van der Waals surface area contributed by atoms with Crippen LogP contribution < -0.4 is 16.0 Å². The molecule has 0 saturated carbocycles. The van der Waals surface area contributed by atoms with E-state index in [-0.39, 0.29) is 5.95 Å². The first-order valence-electron chi connectivity index (χ1n) is 8.39. The summed E-state index contributed by atoms with van der Waals surface area (Å²) in [7, 11) is 0. The van der Waals surface area contributed by atoms with E-state index < -0.39 is 0 Å². The van der Waals surface area contributed by atoms with Crippen molar-refractivity contribution in [1.82, 2.24) is 19.7 Å². The molecular formula is C18H23N7. The molecule has 7 nitrogen and oxygen atoms in total. The van der Waals surface area contributed by atoms with Gasteiger partial charge >= 0.3 is 0 Å². The number of aryl methyl sites for hydroxylation is 1. The maximum absolute atomic E-state index is 5.96. The van der Waals surface area contributed by atoms with Crippen molar-refractivity contribution < 1.29 is 0 Å². The first-order chi connectivity index (χ1) is 12.1. The molecule has 0 aliphatic heterocycles. The van der Waals surface area contributed by atoms with Gasteiger partial charge in [-0.05, 0) is 56.7 Å². The molecule has 2 aromatic heterocycles. The molecule has 0 atom stereocenters. The topological polar surface area (TPSA) is 84.9 Å². The summed E-state index contributed by atoms with van der Waals surface area (Å²) in [6.07, 6.45) is 1.69. The third-order valence-electron chi connectivity index (χ3n) is 4.06. The summed E-state index contributed by atoms with van der Waals surface area (Å²) in [4.78, 5) is 10.8. The number of hydrogen-bond donors (Lipinski definition) is 2. The minimum Gasteiger partial charge on any atom is -0.372 e. The maximum Gasteiger partial charge on any atom is 0.248 e. The van der Waals surface area contributed by atoms with Gasteiger partial charge in [0.2, 0.25) is 11.9 Å². The monoisotopic (exact) mass is 337 g/mol. The Hall–Kier alpha value is -3.09. The maximum atomic E-state index is 5.96. The molecular weight excluding hydrogens is 314 g/mol. The fourth-order valence-corrected chi connectivity index (χ4v) is 2.81. The van der Waals surface area contributed by atoms with Crippen molar-refractivity contribution in [3.8, 4) is 5.82 Å². The van der Waals surface area contributed by atoms with E-state index in [1.807, 2.05) is 24.3 Å². The molecule has 3 N–H and O–H groups in total. The molecule has 0 radical (unpaired) electrons. The van der Waals surface area contributed by atoms with Crippen LogP contribution in [0.5, 0.6) is 0 Å². The van der Waals surface area contributed by atoms with Crippen molar-refractivity contribution in [1.29, 1.82) is 0 Å². The van der Waals surface area contributed by atoms with Crippen LogP contribution in [0, 0.1) is 6.92 Å². The van der Waals surface area contributed by atoms with Crippen molar-refractivity contribution in [3.05, 3.63) is 48.2 Å². The quantitative estimate of drug-likeness (QED) is 0.719. The Bertz CT molecular complexity index is 838. The minimum atomic E-state index is 0.290. The lowest BCUT2D eigenvalue weighted by Gasteiger charge is -2.23. The van der Waals surface area contributed by atoms with Crippen LogP contribution in [0.25, 0.3) is 5.82 Å². The van der Waals surface area contributed by atoms with Crippen molar-refractivity contribution in [2.75, 3.05) is 29.0 Å². The molecule has 0 bridgehead atoms. The predicted octanol–water partition coefficient (Wildman–Crippen LogP) is 3.14. The second-order valence-corrected chi connectivity index (χ2v) is 5.69. The Morgan fingerprint density at radius 1 is 1.16 bits per heavy atom. The highest BCUT2D eigenvalue weighted by atomic mass is 15.4. The number of anilines is 4. The summed E-state index contributed by atoms with van der Waals surface area (Å²) in [6, 6.07) is 11.8. The second kappa shape index (κ2) is 7.21. The molecule has 0 amide bonds. The van der Waals surface area contributed by atoms with Crippen molar-refractivity contribution in [3.63, 3.8) is 0 Å². The van der Waals surface area contributed by atoms with Crippen LogP contribution in [0.15, 0.2) is 42.6 Å². The van der Waals surface area contributed by atoms with Crippen molar-refractivity contribution in [2.45, 2.75) is 20.8 Å². The molecule has 7 heteroatoms. The molecule has 3 aromatic rings. The molecule has 0 spiro atoms. The molecule has 2 heterocycles. The Morgan fingerprint density at radius 2 is 1.96 bits per heavy atom. The van der Waals surface area contributed by atoms with Gasteiger partial charge in [0.1, 0.15) is 0 Å².